The molecule has 5 heteroatoms. The Morgan fingerprint density at radius 3 is 2.75 bits per heavy atom. The van der Waals surface area contributed by atoms with E-state index in [-0.39, 0.29) is 12.5 Å². The normalized spacial score (nSPS) is 9.62. The van der Waals surface area contributed by atoms with Gasteiger partial charge in [-0.2, -0.15) is 0 Å². The molecule has 0 radical (unpaired) electrons. The lowest BCUT2D eigenvalue weighted by Crippen LogP contribution is -2.30. The smallest absolute Gasteiger partial charge is 0.325 e. The lowest BCUT2D eigenvalue weighted by Gasteiger charge is -2.08. The predicted molar refractivity (Wildman–Crippen MR) is 59.9 cm³/mol. The fourth-order valence-electron chi connectivity index (χ4n) is 1.20. The molecule has 0 aromatic heterocycles. The third kappa shape index (κ3) is 2.73. The Morgan fingerprint density at radius 2 is 2.12 bits per heavy atom. The Kier molecular flexibility index (Phi) is 3.88. The quantitative estimate of drug-likeness (QED) is 0.575. The van der Waals surface area contributed by atoms with Crippen molar-refractivity contribution in [1.29, 1.82) is 0 Å². The standard InChI is InChI=1S/C11H14N2O3/c1-7-4-3-5-8(10(7)12)11(15)13-6-9(14)16-2/h3-5H,6,12H2,1-2H3,(H,13,15). The second kappa shape index (κ2) is 5.16. The van der Waals surface area contributed by atoms with E-state index in [0.29, 0.717) is 11.3 Å². The van der Waals surface area contributed by atoms with Crippen molar-refractivity contribution in [2.75, 3.05) is 19.4 Å². The summed E-state index contributed by atoms with van der Waals surface area (Å²) in [7, 11) is 1.26. The molecule has 1 rings (SSSR count). The molecule has 0 unspecified atom stereocenters. The number of ether oxygens (including phenoxy) is 1. The molecule has 0 saturated heterocycles. The van der Waals surface area contributed by atoms with Gasteiger partial charge in [0.25, 0.3) is 5.91 Å². The van der Waals surface area contributed by atoms with E-state index in [9.17, 15) is 9.59 Å². The molecule has 0 saturated carbocycles. The molecule has 1 amide bonds. The van der Waals surface area contributed by atoms with Crippen LogP contribution in [-0.2, 0) is 9.53 Å². The van der Waals surface area contributed by atoms with Gasteiger partial charge in [0.05, 0.1) is 12.7 Å². The molecule has 0 atom stereocenters. The van der Waals surface area contributed by atoms with Gasteiger partial charge in [0.15, 0.2) is 0 Å². The minimum Gasteiger partial charge on any atom is -0.468 e. The van der Waals surface area contributed by atoms with Crippen molar-refractivity contribution in [3.8, 4) is 0 Å². The van der Waals surface area contributed by atoms with Gasteiger partial charge in [-0.15, -0.1) is 0 Å². The van der Waals surface area contributed by atoms with Crippen LogP contribution in [-0.4, -0.2) is 25.5 Å². The number of benzene rings is 1. The molecule has 5 nitrogen and oxygen atoms in total. The summed E-state index contributed by atoms with van der Waals surface area (Å²) in [5.74, 6) is -0.883. The maximum absolute atomic E-state index is 11.6. The van der Waals surface area contributed by atoms with Crippen molar-refractivity contribution >= 4 is 17.6 Å². The SMILES string of the molecule is COC(=O)CNC(=O)c1cccc(C)c1N. The Hall–Kier alpha value is -2.04. The first-order valence-electron chi connectivity index (χ1n) is 4.76. The summed E-state index contributed by atoms with van der Waals surface area (Å²) in [5.41, 5.74) is 7.36. The zero-order valence-corrected chi connectivity index (χ0v) is 9.24. The number of carbonyl (C=O) groups is 2. The summed E-state index contributed by atoms with van der Waals surface area (Å²) in [6, 6.07) is 5.15. The van der Waals surface area contributed by atoms with Gasteiger partial charge in [-0.25, -0.2) is 0 Å². The van der Waals surface area contributed by atoms with Crippen LogP contribution in [0, 0.1) is 6.92 Å². The van der Waals surface area contributed by atoms with Crippen LogP contribution in [0.25, 0.3) is 0 Å². The summed E-state index contributed by atoms with van der Waals surface area (Å²) in [4.78, 5) is 22.5. The highest BCUT2D eigenvalue weighted by atomic mass is 16.5. The van der Waals surface area contributed by atoms with Crippen LogP contribution in [0.15, 0.2) is 18.2 Å². The van der Waals surface area contributed by atoms with Crippen LogP contribution in [0.1, 0.15) is 15.9 Å². The number of para-hydroxylation sites is 1. The Bertz CT molecular complexity index is 416. The predicted octanol–water partition coefficient (Wildman–Crippen LogP) is 0.480. The molecule has 86 valence electrons. The second-order valence-corrected chi connectivity index (χ2v) is 3.29. The van der Waals surface area contributed by atoms with Gasteiger partial charge in [0, 0.05) is 5.69 Å². The first-order chi connectivity index (χ1) is 7.56. The molecule has 1 aromatic carbocycles. The zero-order valence-electron chi connectivity index (χ0n) is 9.24. The highest BCUT2D eigenvalue weighted by molar-refractivity contribution is 6.00. The maximum Gasteiger partial charge on any atom is 0.325 e. The number of nitrogen functional groups attached to an aromatic ring is 1. The number of aryl methyl sites for hydroxylation is 1. The number of esters is 1. The monoisotopic (exact) mass is 222 g/mol. The second-order valence-electron chi connectivity index (χ2n) is 3.29. The van der Waals surface area contributed by atoms with Gasteiger partial charge in [0.2, 0.25) is 0 Å². The average molecular weight is 222 g/mol. The molecule has 0 aliphatic carbocycles. The highest BCUT2D eigenvalue weighted by Crippen LogP contribution is 2.15. The van der Waals surface area contributed by atoms with E-state index in [0.717, 1.165) is 5.56 Å². The van der Waals surface area contributed by atoms with E-state index in [2.05, 4.69) is 10.1 Å². The van der Waals surface area contributed by atoms with E-state index in [1.165, 1.54) is 7.11 Å². The first kappa shape index (κ1) is 12.0. The Balaban J connectivity index is 2.74. The lowest BCUT2D eigenvalue weighted by atomic mass is 10.1. The fraction of sp³-hybridized carbons (Fsp3) is 0.273. The molecule has 0 bridgehead atoms. The maximum atomic E-state index is 11.6. The summed E-state index contributed by atoms with van der Waals surface area (Å²) in [6.45, 7) is 1.65. The fourth-order valence-corrected chi connectivity index (χ4v) is 1.20. The van der Waals surface area contributed by atoms with E-state index < -0.39 is 5.97 Å². The minimum absolute atomic E-state index is 0.164. The minimum atomic E-state index is -0.500. The number of hydrogen-bond acceptors (Lipinski definition) is 4. The molecule has 0 aliphatic rings. The average Bonchev–Trinajstić information content (AvgIpc) is 2.29. The van der Waals surface area contributed by atoms with E-state index >= 15 is 0 Å². The van der Waals surface area contributed by atoms with Gasteiger partial charge in [-0.1, -0.05) is 12.1 Å². The summed E-state index contributed by atoms with van der Waals surface area (Å²) < 4.78 is 4.41. The number of anilines is 1. The summed E-state index contributed by atoms with van der Waals surface area (Å²) in [6.07, 6.45) is 0. The number of rotatable bonds is 3. The Morgan fingerprint density at radius 1 is 1.44 bits per heavy atom. The number of amides is 1. The van der Waals surface area contributed by atoms with E-state index in [1.807, 2.05) is 13.0 Å². The number of methoxy groups -OCH3 is 1. The van der Waals surface area contributed by atoms with Gasteiger partial charge in [0.1, 0.15) is 6.54 Å². The van der Waals surface area contributed by atoms with Gasteiger partial charge < -0.3 is 15.8 Å². The van der Waals surface area contributed by atoms with Gasteiger partial charge in [-0.05, 0) is 18.6 Å². The van der Waals surface area contributed by atoms with Crippen molar-refractivity contribution in [2.24, 2.45) is 0 Å². The molecular weight excluding hydrogens is 208 g/mol. The van der Waals surface area contributed by atoms with Crippen LogP contribution < -0.4 is 11.1 Å². The highest BCUT2D eigenvalue weighted by Gasteiger charge is 2.11. The number of carbonyl (C=O) groups excluding carboxylic acids is 2. The molecule has 1 aromatic rings. The van der Waals surface area contributed by atoms with E-state index in [4.69, 9.17) is 5.73 Å². The third-order valence-corrected chi connectivity index (χ3v) is 2.19. The number of hydrogen-bond donors (Lipinski definition) is 2. The largest absolute Gasteiger partial charge is 0.468 e. The zero-order chi connectivity index (χ0) is 12.1. The van der Waals surface area contributed by atoms with Gasteiger partial charge in [-0.3, -0.25) is 9.59 Å². The topological polar surface area (TPSA) is 81.4 Å². The van der Waals surface area contributed by atoms with E-state index in [1.54, 1.807) is 12.1 Å². The molecule has 0 fully saturated rings. The number of nitrogens with two attached hydrogens (primary N) is 1. The summed E-state index contributed by atoms with van der Waals surface area (Å²) in [5, 5.41) is 2.42. The third-order valence-electron chi connectivity index (χ3n) is 2.19. The molecular formula is C11H14N2O3. The van der Waals surface area contributed by atoms with Crippen LogP contribution >= 0.6 is 0 Å². The van der Waals surface area contributed by atoms with Crippen LogP contribution in [0.4, 0.5) is 5.69 Å². The molecule has 16 heavy (non-hydrogen) atoms. The van der Waals surface area contributed by atoms with Crippen molar-refractivity contribution < 1.29 is 14.3 Å². The number of nitrogens with one attached hydrogen (secondary N) is 1. The first-order valence-corrected chi connectivity index (χ1v) is 4.76. The summed E-state index contributed by atoms with van der Waals surface area (Å²) >= 11 is 0. The van der Waals surface area contributed by atoms with Crippen LogP contribution in [0.5, 0.6) is 0 Å². The van der Waals surface area contributed by atoms with Crippen LogP contribution in [0.2, 0.25) is 0 Å². The van der Waals surface area contributed by atoms with Crippen molar-refractivity contribution in [3.05, 3.63) is 29.3 Å². The molecule has 0 spiro atoms. The van der Waals surface area contributed by atoms with Crippen molar-refractivity contribution in [2.45, 2.75) is 6.92 Å². The molecule has 3 N–H and O–H groups in total. The lowest BCUT2D eigenvalue weighted by molar-refractivity contribution is -0.139. The Labute approximate surface area is 93.6 Å². The molecule has 0 heterocycles. The van der Waals surface area contributed by atoms with Crippen molar-refractivity contribution in [1.82, 2.24) is 5.32 Å². The van der Waals surface area contributed by atoms with Gasteiger partial charge >= 0.3 is 5.97 Å². The van der Waals surface area contributed by atoms with Crippen molar-refractivity contribution in [3.63, 3.8) is 0 Å². The molecule has 0 aliphatic heterocycles. The van der Waals surface area contributed by atoms with Crippen LogP contribution in [0.3, 0.4) is 0 Å².